The summed E-state index contributed by atoms with van der Waals surface area (Å²) in [6.07, 6.45) is 1.24. The Labute approximate surface area is 51.7 Å². The highest BCUT2D eigenvalue weighted by Crippen LogP contribution is 2.11. The van der Waals surface area contributed by atoms with E-state index in [0.717, 1.165) is 5.92 Å². The van der Waals surface area contributed by atoms with E-state index in [1.54, 1.807) is 0 Å². The van der Waals surface area contributed by atoms with Crippen LogP contribution < -0.4 is 0 Å². The molecule has 2 atom stereocenters. The average Bonchev–Trinajstić information content (AvgIpc) is 1.65. The van der Waals surface area contributed by atoms with E-state index >= 15 is 0 Å². The third-order valence-electron chi connectivity index (χ3n) is 1.47. The van der Waals surface area contributed by atoms with Gasteiger partial charge in [0.15, 0.2) is 0 Å². The monoisotopic (exact) mass is 118 g/mol. The lowest BCUT2D eigenvalue weighted by Gasteiger charge is -2.09. The Hall–Kier alpha value is 0.350. The highest BCUT2D eigenvalue weighted by molar-refractivity contribution is 7.80. The van der Waals surface area contributed by atoms with Crippen LogP contribution in [-0.4, -0.2) is 5.25 Å². The van der Waals surface area contributed by atoms with Crippen LogP contribution in [0.15, 0.2) is 0 Å². The quantitative estimate of drug-likeness (QED) is 0.529. The van der Waals surface area contributed by atoms with Crippen LogP contribution in [0.1, 0.15) is 27.2 Å². The minimum atomic E-state index is 0.560. The Bertz CT molecular complexity index is 41.4. The number of hydrogen-bond acceptors (Lipinski definition) is 1. The molecule has 0 saturated carbocycles. The SMILES string of the molecule is CC[C@H](C)C(C)S. The van der Waals surface area contributed by atoms with E-state index in [1.807, 2.05) is 0 Å². The molecule has 0 aliphatic rings. The lowest BCUT2D eigenvalue weighted by atomic mass is 10.1. The maximum absolute atomic E-state index is 4.27. The second-order valence-electron chi connectivity index (χ2n) is 2.13. The van der Waals surface area contributed by atoms with Crippen molar-refractivity contribution < 1.29 is 0 Å². The first kappa shape index (κ1) is 7.35. The smallest absolute Gasteiger partial charge is 0.00140 e. The fourth-order valence-corrected chi connectivity index (χ4v) is 0.552. The molecule has 0 amide bonds. The highest BCUT2D eigenvalue weighted by Gasteiger charge is 2.02. The van der Waals surface area contributed by atoms with Crippen LogP contribution in [0, 0.1) is 5.92 Å². The van der Waals surface area contributed by atoms with Crippen LogP contribution in [0.4, 0.5) is 0 Å². The predicted octanol–water partition coefficient (Wildman–Crippen LogP) is 2.35. The lowest BCUT2D eigenvalue weighted by molar-refractivity contribution is 0.560. The lowest BCUT2D eigenvalue weighted by Crippen LogP contribution is -2.04. The van der Waals surface area contributed by atoms with E-state index in [0.29, 0.717) is 5.25 Å². The van der Waals surface area contributed by atoms with Gasteiger partial charge in [0.05, 0.1) is 0 Å². The van der Waals surface area contributed by atoms with Crippen molar-refractivity contribution in [1.29, 1.82) is 0 Å². The van der Waals surface area contributed by atoms with Gasteiger partial charge in [0.1, 0.15) is 0 Å². The van der Waals surface area contributed by atoms with Crippen LogP contribution in [0.2, 0.25) is 0 Å². The van der Waals surface area contributed by atoms with Crippen LogP contribution >= 0.6 is 12.6 Å². The maximum Gasteiger partial charge on any atom is 0.00140 e. The summed E-state index contributed by atoms with van der Waals surface area (Å²) in [6.45, 7) is 6.55. The Morgan fingerprint density at radius 1 is 1.43 bits per heavy atom. The summed E-state index contributed by atoms with van der Waals surface area (Å²) in [5, 5.41) is 0.560. The van der Waals surface area contributed by atoms with E-state index in [9.17, 15) is 0 Å². The van der Waals surface area contributed by atoms with Crippen LogP contribution in [-0.2, 0) is 0 Å². The molecular weight excluding hydrogens is 104 g/mol. The summed E-state index contributed by atoms with van der Waals surface area (Å²) in [4.78, 5) is 0. The van der Waals surface area contributed by atoms with Gasteiger partial charge in [0.25, 0.3) is 0 Å². The summed E-state index contributed by atoms with van der Waals surface area (Å²) in [5.74, 6) is 0.767. The zero-order chi connectivity index (χ0) is 5.86. The van der Waals surface area contributed by atoms with Gasteiger partial charge in [-0.2, -0.15) is 12.6 Å². The topological polar surface area (TPSA) is 0 Å². The van der Waals surface area contributed by atoms with E-state index in [4.69, 9.17) is 0 Å². The van der Waals surface area contributed by atoms with Crippen LogP contribution in [0.3, 0.4) is 0 Å². The Morgan fingerprint density at radius 2 is 1.86 bits per heavy atom. The van der Waals surface area contributed by atoms with E-state index in [2.05, 4.69) is 33.4 Å². The molecule has 0 saturated heterocycles. The molecule has 1 heteroatoms. The first-order valence-electron chi connectivity index (χ1n) is 2.86. The summed E-state index contributed by atoms with van der Waals surface area (Å²) in [5.41, 5.74) is 0. The molecule has 0 aromatic heterocycles. The molecule has 0 radical (unpaired) electrons. The molecule has 0 spiro atoms. The third kappa shape index (κ3) is 2.98. The normalized spacial score (nSPS) is 18.9. The van der Waals surface area contributed by atoms with E-state index in [1.165, 1.54) is 6.42 Å². The molecule has 0 bridgehead atoms. The Morgan fingerprint density at radius 3 is 1.86 bits per heavy atom. The number of rotatable bonds is 2. The van der Waals surface area contributed by atoms with Crippen molar-refractivity contribution in [3.63, 3.8) is 0 Å². The molecule has 0 N–H and O–H groups in total. The summed E-state index contributed by atoms with van der Waals surface area (Å²) in [6, 6.07) is 0. The molecule has 0 aromatic rings. The van der Waals surface area contributed by atoms with Gasteiger partial charge in [0, 0.05) is 5.25 Å². The molecule has 0 fully saturated rings. The Kier molecular flexibility index (Phi) is 3.53. The van der Waals surface area contributed by atoms with Gasteiger partial charge in [-0.05, 0) is 5.92 Å². The van der Waals surface area contributed by atoms with Crippen molar-refractivity contribution in [1.82, 2.24) is 0 Å². The summed E-state index contributed by atoms with van der Waals surface area (Å²) < 4.78 is 0. The van der Waals surface area contributed by atoms with Gasteiger partial charge >= 0.3 is 0 Å². The zero-order valence-corrected chi connectivity index (χ0v) is 6.20. The summed E-state index contributed by atoms with van der Waals surface area (Å²) in [7, 11) is 0. The molecule has 0 heterocycles. The number of thiol groups is 1. The first-order valence-corrected chi connectivity index (χ1v) is 3.38. The van der Waals surface area contributed by atoms with Gasteiger partial charge < -0.3 is 0 Å². The van der Waals surface area contributed by atoms with Crippen molar-refractivity contribution in [2.45, 2.75) is 32.4 Å². The van der Waals surface area contributed by atoms with Crippen molar-refractivity contribution >= 4 is 12.6 Å². The van der Waals surface area contributed by atoms with Gasteiger partial charge in [-0.15, -0.1) is 0 Å². The maximum atomic E-state index is 4.27. The van der Waals surface area contributed by atoms with Crippen LogP contribution in [0.25, 0.3) is 0 Å². The fourth-order valence-electron chi connectivity index (χ4n) is 0.341. The summed E-state index contributed by atoms with van der Waals surface area (Å²) >= 11 is 4.27. The largest absolute Gasteiger partial charge is 0.176 e. The van der Waals surface area contributed by atoms with E-state index in [-0.39, 0.29) is 0 Å². The molecule has 0 aliphatic carbocycles. The molecule has 44 valence electrons. The second kappa shape index (κ2) is 3.36. The average molecular weight is 118 g/mol. The third-order valence-corrected chi connectivity index (χ3v) is 1.98. The molecule has 0 aromatic carbocycles. The van der Waals surface area contributed by atoms with Crippen LogP contribution in [0.5, 0.6) is 0 Å². The van der Waals surface area contributed by atoms with Gasteiger partial charge in [-0.25, -0.2) is 0 Å². The van der Waals surface area contributed by atoms with Crippen molar-refractivity contribution in [3.8, 4) is 0 Å². The number of hydrogen-bond donors (Lipinski definition) is 1. The Balaban J connectivity index is 3.14. The second-order valence-corrected chi connectivity index (χ2v) is 2.94. The molecular formula is C6H14S. The highest BCUT2D eigenvalue weighted by atomic mass is 32.1. The minimum Gasteiger partial charge on any atom is -0.176 e. The van der Waals surface area contributed by atoms with Gasteiger partial charge in [-0.3, -0.25) is 0 Å². The minimum absolute atomic E-state index is 0.560. The van der Waals surface area contributed by atoms with Crippen molar-refractivity contribution in [2.75, 3.05) is 0 Å². The fraction of sp³-hybridized carbons (Fsp3) is 1.00. The first-order chi connectivity index (χ1) is 3.18. The molecule has 1 unspecified atom stereocenters. The standard InChI is InChI=1S/C6H14S/c1-4-5(2)6(3)7/h5-7H,4H2,1-3H3/t5-,6?/m0/s1. The molecule has 0 aliphatic heterocycles. The predicted molar refractivity (Wildman–Crippen MR) is 37.9 cm³/mol. The molecule has 0 rings (SSSR count). The molecule has 7 heavy (non-hydrogen) atoms. The van der Waals surface area contributed by atoms with Crippen molar-refractivity contribution in [2.24, 2.45) is 5.92 Å². The van der Waals surface area contributed by atoms with Gasteiger partial charge in [-0.1, -0.05) is 27.2 Å². The van der Waals surface area contributed by atoms with Crippen molar-refractivity contribution in [3.05, 3.63) is 0 Å². The molecule has 0 nitrogen and oxygen atoms in total. The van der Waals surface area contributed by atoms with E-state index < -0.39 is 0 Å². The van der Waals surface area contributed by atoms with Gasteiger partial charge in [0.2, 0.25) is 0 Å². The zero-order valence-electron chi connectivity index (χ0n) is 5.31.